The number of fused-ring (bicyclic) bond motifs is 2. The van der Waals surface area contributed by atoms with Crippen molar-refractivity contribution >= 4 is 44.2 Å². The number of aryl methyl sites for hydroxylation is 2. The molecule has 3 heterocycles. The second-order valence-electron chi connectivity index (χ2n) is 6.70. The molecule has 30 heavy (non-hydrogen) atoms. The highest BCUT2D eigenvalue weighted by molar-refractivity contribution is 7.98. The van der Waals surface area contributed by atoms with Gasteiger partial charge in [0.15, 0.2) is 5.16 Å². The van der Waals surface area contributed by atoms with E-state index < -0.39 is 0 Å². The number of benzene rings is 1. The van der Waals surface area contributed by atoms with Gasteiger partial charge in [0.25, 0.3) is 11.1 Å². The first-order valence-electron chi connectivity index (χ1n) is 9.52. The summed E-state index contributed by atoms with van der Waals surface area (Å²) >= 11 is 2.81. The Morgan fingerprint density at radius 1 is 1.20 bits per heavy atom. The fourth-order valence-corrected chi connectivity index (χ4v) is 5.43. The maximum atomic E-state index is 13.3. The molecule has 0 N–H and O–H groups in total. The van der Waals surface area contributed by atoms with Gasteiger partial charge < -0.3 is 4.74 Å². The van der Waals surface area contributed by atoms with Crippen LogP contribution in [0.2, 0.25) is 0 Å². The summed E-state index contributed by atoms with van der Waals surface area (Å²) in [6.07, 6.45) is 0.779. The average Bonchev–Trinajstić information content (AvgIpc) is 3.08. The smallest absolute Gasteiger partial charge is 0.278 e. The molecule has 0 aliphatic rings. The SMILES string of the molecule is CCc1c(C)sc2nc(SCn3nnc4ccccc4c3=O)n(CCOC)c(=O)c12. The second kappa shape index (κ2) is 8.66. The summed E-state index contributed by atoms with van der Waals surface area (Å²) < 4.78 is 8.11. The Morgan fingerprint density at radius 3 is 2.77 bits per heavy atom. The lowest BCUT2D eigenvalue weighted by molar-refractivity contribution is 0.183. The van der Waals surface area contributed by atoms with Crippen molar-refractivity contribution in [3.63, 3.8) is 0 Å². The first-order chi connectivity index (χ1) is 14.5. The zero-order valence-corrected chi connectivity index (χ0v) is 18.5. The van der Waals surface area contributed by atoms with Crippen molar-refractivity contribution in [1.82, 2.24) is 24.5 Å². The highest BCUT2D eigenvalue weighted by atomic mass is 32.2. The van der Waals surface area contributed by atoms with Gasteiger partial charge in [0.2, 0.25) is 0 Å². The number of hydrogen-bond acceptors (Lipinski definition) is 8. The topological polar surface area (TPSA) is 91.9 Å². The second-order valence-corrected chi connectivity index (χ2v) is 8.81. The molecule has 1 aromatic carbocycles. The van der Waals surface area contributed by atoms with Gasteiger partial charge in [-0.15, -0.1) is 16.4 Å². The van der Waals surface area contributed by atoms with E-state index in [4.69, 9.17) is 9.72 Å². The summed E-state index contributed by atoms with van der Waals surface area (Å²) in [5.41, 5.74) is 1.31. The van der Waals surface area contributed by atoms with Gasteiger partial charge in [0.05, 0.1) is 29.8 Å². The molecule has 0 spiro atoms. The number of methoxy groups -OCH3 is 1. The summed E-state index contributed by atoms with van der Waals surface area (Å²) in [7, 11) is 1.60. The number of ether oxygens (including phenoxy) is 1. The van der Waals surface area contributed by atoms with Crippen LogP contribution in [0.5, 0.6) is 0 Å². The molecule has 0 aliphatic heterocycles. The predicted molar refractivity (Wildman–Crippen MR) is 120 cm³/mol. The Kier molecular flexibility index (Phi) is 5.98. The normalized spacial score (nSPS) is 11.6. The van der Waals surface area contributed by atoms with Crippen molar-refractivity contribution in [3.8, 4) is 0 Å². The third kappa shape index (κ3) is 3.66. The molecule has 0 fully saturated rings. The van der Waals surface area contributed by atoms with Crippen LogP contribution in [0.3, 0.4) is 0 Å². The summed E-state index contributed by atoms with van der Waals surface area (Å²) in [5, 5.41) is 9.87. The van der Waals surface area contributed by atoms with Gasteiger partial charge in [-0.2, -0.15) is 4.68 Å². The number of thioether (sulfide) groups is 1. The first-order valence-corrected chi connectivity index (χ1v) is 11.3. The predicted octanol–water partition coefficient (Wildman–Crippen LogP) is 2.83. The van der Waals surface area contributed by atoms with Crippen LogP contribution in [0.1, 0.15) is 17.4 Å². The Labute approximate surface area is 180 Å². The van der Waals surface area contributed by atoms with Crippen molar-refractivity contribution in [3.05, 3.63) is 55.4 Å². The lowest BCUT2D eigenvalue weighted by Gasteiger charge is -2.12. The summed E-state index contributed by atoms with van der Waals surface area (Å²) in [6.45, 7) is 4.83. The van der Waals surface area contributed by atoms with Crippen molar-refractivity contribution in [2.45, 2.75) is 37.8 Å². The van der Waals surface area contributed by atoms with Crippen LogP contribution >= 0.6 is 23.1 Å². The molecule has 0 radical (unpaired) electrons. The van der Waals surface area contributed by atoms with E-state index in [1.807, 2.05) is 19.9 Å². The van der Waals surface area contributed by atoms with E-state index in [0.29, 0.717) is 34.6 Å². The molecule has 4 rings (SSSR count). The molecule has 156 valence electrons. The van der Waals surface area contributed by atoms with Gasteiger partial charge in [-0.3, -0.25) is 14.2 Å². The van der Waals surface area contributed by atoms with E-state index in [1.54, 1.807) is 29.9 Å². The maximum Gasteiger partial charge on any atom is 0.278 e. The fraction of sp³-hybridized carbons (Fsp3) is 0.350. The minimum absolute atomic E-state index is 0.0716. The molecule has 0 saturated heterocycles. The Balaban J connectivity index is 1.75. The summed E-state index contributed by atoms with van der Waals surface area (Å²) in [6, 6.07) is 7.10. The largest absolute Gasteiger partial charge is 0.383 e. The van der Waals surface area contributed by atoms with E-state index >= 15 is 0 Å². The third-order valence-corrected chi connectivity index (χ3v) is 6.88. The highest BCUT2D eigenvalue weighted by Crippen LogP contribution is 2.29. The van der Waals surface area contributed by atoms with Gasteiger partial charge in [0.1, 0.15) is 10.3 Å². The number of rotatable bonds is 7. The van der Waals surface area contributed by atoms with E-state index in [0.717, 1.165) is 21.7 Å². The van der Waals surface area contributed by atoms with Crippen LogP contribution < -0.4 is 11.1 Å². The lowest BCUT2D eigenvalue weighted by Crippen LogP contribution is -2.27. The molecule has 3 aromatic heterocycles. The molecule has 4 aromatic rings. The Hall–Kier alpha value is -2.56. The van der Waals surface area contributed by atoms with Crippen LogP contribution in [0.4, 0.5) is 0 Å². The monoisotopic (exact) mass is 443 g/mol. The molecule has 8 nitrogen and oxygen atoms in total. The van der Waals surface area contributed by atoms with Crippen LogP contribution in [0.25, 0.3) is 21.1 Å². The number of aromatic nitrogens is 5. The van der Waals surface area contributed by atoms with E-state index in [-0.39, 0.29) is 17.0 Å². The molecular formula is C20H21N5O3S2. The third-order valence-electron chi connectivity index (χ3n) is 4.90. The van der Waals surface area contributed by atoms with Gasteiger partial charge in [0, 0.05) is 12.0 Å². The van der Waals surface area contributed by atoms with E-state index in [2.05, 4.69) is 10.3 Å². The first kappa shape index (κ1) is 20.7. The zero-order valence-electron chi connectivity index (χ0n) is 16.9. The standard InChI is InChI=1S/C20H21N5O3S2/c1-4-13-12(2)30-17-16(13)19(27)24(9-10-28-3)20(21-17)29-11-25-18(26)14-7-5-6-8-15(14)22-23-25/h5-8H,4,9-11H2,1-3H3. The highest BCUT2D eigenvalue weighted by Gasteiger charge is 2.18. The quantitative estimate of drug-likeness (QED) is 0.320. The minimum atomic E-state index is -0.222. The summed E-state index contributed by atoms with van der Waals surface area (Å²) in [5.74, 6) is 0.201. The van der Waals surface area contributed by atoms with Crippen molar-refractivity contribution < 1.29 is 4.74 Å². The van der Waals surface area contributed by atoms with Gasteiger partial charge in [-0.25, -0.2) is 4.98 Å². The number of hydrogen-bond donors (Lipinski definition) is 0. The number of thiophene rings is 1. The molecule has 10 heteroatoms. The molecule has 0 amide bonds. The molecule has 0 bridgehead atoms. The molecular weight excluding hydrogens is 422 g/mol. The lowest BCUT2D eigenvalue weighted by atomic mass is 10.1. The molecule has 0 unspecified atom stereocenters. The maximum absolute atomic E-state index is 13.3. The van der Waals surface area contributed by atoms with E-state index in [1.165, 1.54) is 27.8 Å². The Bertz CT molecular complexity index is 1340. The summed E-state index contributed by atoms with van der Waals surface area (Å²) in [4.78, 5) is 32.6. The Morgan fingerprint density at radius 2 is 2.00 bits per heavy atom. The molecule has 0 aliphatic carbocycles. The van der Waals surface area contributed by atoms with Gasteiger partial charge in [-0.1, -0.05) is 36.0 Å². The van der Waals surface area contributed by atoms with Crippen molar-refractivity contribution in [2.24, 2.45) is 0 Å². The average molecular weight is 444 g/mol. The van der Waals surface area contributed by atoms with Crippen LogP contribution in [-0.4, -0.2) is 38.3 Å². The van der Waals surface area contributed by atoms with E-state index in [9.17, 15) is 9.59 Å². The number of nitrogens with zero attached hydrogens (tertiary/aromatic N) is 5. The van der Waals surface area contributed by atoms with Crippen molar-refractivity contribution in [1.29, 1.82) is 0 Å². The fourth-order valence-electron chi connectivity index (χ4n) is 3.37. The minimum Gasteiger partial charge on any atom is -0.383 e. The van der Waals surface area contributed by atoms with Crippen LogP contribution in [-0.2, 0) is 23.6 Å². The van der Waals surface area contributed by atoms with Crippen molar-refractivity contribution in [2.75, 3.05) is 13.7 Å². The van der Waals surface area contributed by atoms with Gasteiger partial charge in [-0.05, 0) is 31.0 Å². The zero-order chi connectivity index (χ0) is 21.3. The molecule has 0 saturated carbocycles. The van der Waals surface area contributed by atoms with Crippen LogP contribution in [0.15, 0.2) is 39.0 Å². The van der Waals surface area contributed by atoms with Gasteiger partial charge >= 0.3 is 0 Å². The molecule has 0 atom stereocenters. The van der Waals surface area contributed by atoms with Crippen LogP contribution in [0, 0.1) is 6.92 Å².